The summed E-state index contributed by atoms with van der Waals surface area (Å²) in [5.41, 5.74) is 1.13. The number of halogens is 2. The van der Waals surface area contributed by atoms with Crippen LogP contribution in [0, 0.1) is 5.82 Å². The smallest absolute Gasteiger partial charge is 0.263 e. The van der Waals surface area contributed by atoms with E-state index in [9.17, 15) is 12.8 Å². The van der Waals surface area contributed by atoms with Crippen LogP contribution in [0.2, 0.25) is 0 Å². The van der Waals surface area contributed by atoms with Crippen molar-refractivity contribution in [3.05, 3.63) is 58.3 Å². The van der Waals surface area contributed by atoms with Crippen LogP contribution >= 0.6 is 15.9 Å². The van der Waals surface area contributed by atoms with Gasteiger partial charge in [-0.3, -0.25) is 4.72 Å². The number of rotatable bonds is 5. The van der Waals surface area contributed by atoms with Gasteiger partial charge in [0.05, 0.1) is 5.69 Å². The Morgan fingerprint density at radius 3 is 2.57 bits per heavy atom. The van der Waals surface area contributed by atoms with Crippen molar-refractivity contribution < 1.29 is 12.8 Å². The highest BCUT2D eigenvalue weighted by molar-refractivity contribution is 9.10. The maximum absolute atomic E-state index is 13.1. The van der Waals surface area contributed by atoms with Gasteiger partial charge in [0, 0.05) is 11.0 Å². The Kier molecular flexibility index (Phi) is 4.97. The molecular formula is C14H14BrFN2O2S. The Bertz CT molecular complexity index is 750. The van der Waals surface area contributed by atoms with E-state index in [4.69, 9.17) is 0 Å². The first-order chi connectivity index (χ1) is 9.92. The molecule has 0 fully saturated rings. The Labute approximate surface area is 131 Å². The van der Waals surface area contributed by atoms with E-state index in [-0.39, 0.29) is 10.6 Å². The zero-order chi connectivity index (χ0) is 15.5. The van der Waals surface area contributed by atoms with E-state index in [2.05, 4.69) is 26.0 Å². The summed E-state index contributed by atoms with van der Waals surface area (Å²) in [7, 11) is -1.97. The summed E-state index contributed by atoms with van der Waals surface area (Å²) in [5.74, 6) is -0.501. The summed E-state index contributed by atoms with van der Waals surface area (Å²) in [5, 5.41) is 2.99. The topological polar surface area (TPSA) is 58.2 Å². The van der Waals surface area contributed by atoms with Gasteiger partial charge in [0.15, 0.2) is 0 Å². The first-order valence-corrected chi connectivity index (χ1v) is 8.41. The largest absolute Gasteiger partial charge is 0.316 e. The molecule has 0 aliphatic rings. The molecule has 0 aliphatic carbocycles. The van der Waals surface area contributed by atoms with Gasteiger partial charge in [-0.1, -0.05) is 12.1 Å². The summed E-state index contributed by atoms with van der Waals surface area (Å²) in [4.78, 5) is 0.103. The van der Waals surface area contributed by atoms with E-state index in [1.54, 1.807) is 12.1 Å². The van der Waals surface area contributed by atoms with Gasteiger partial charge >= 0.3 is 0 Å². The molecule has 2 aromatic carbocycles. The van der Waals surface area contributed by atoms with Crippen molar-refractivity contribution in [2.45, 2.75) is 11.4 Å². The molecular weight excluding hydrogens is 359 g/mol. The molecule has 0 radical (unpaired) electrons. The average molecular weight is 373 g/mol. The van der Waals surface area contributed by atoms with Crippen molar-refractivity contribution in [1.82, 2.24) is 5.32 Å². The predicted molar refractivity (Wildman–Crippen MR) is 84.1 cm³/mol. The number of benzene rings is 2. The van der Waals surface area contributed by atoms with Crippen LogP contribution < -0.4 is 10.0 Å². The predicted octanol–water partition coefficient (Wildman–Crippen LogP) is 3.11. The lowest BCUT2D eigenvalue weighted by Gasteiger charge is -2.11. The molecule has 2 rings (SSSR count). The molecule has 0 saturated heterocycles. The van der Waals surface area contributed by atoms with E-state index in [1.807, 2.05) is 7.05 Å². The van der Waals surface area contributed by atoms with Gasteiger partial charge in [0.1, 0.15) is 10.7 Å². The Balaban J connectivity index is 2.31. The number of nitrogens with one attached hydrogen (secondary N) is 2. The molecule has 7 heteroatoms. The van der Waals surface area contributed by atoms with Gasteiger partial charge < -0.3 is 5.32 Å². The van der Waals surface area contributed by atoms with Crippen LogP contribution in [0.5, 0.6) is 0 Å². The zero-order valence-corrected chi connectivity index (χ0v) is 13.6. The van der Waals surface area contributed by atoms with E-state index in [0.29, 0.717) is 11.0 Å². The molecule has 0 heterocycles. The summed E-state index contributed by atoms with van der Waals surface area (Å²) < 4.78 is 40.6. The van der Waals surface area contributed by atoms with Crippen molar-refractivity contribution >= 4 is 31.6 Å². The lowest BCUT2D eigenvalue weighted by atomic mass is 10.2. The molecule has 0 amide bonds. The molecule has 21 heavy (non-hydrogen) atoms. The second-order valence-electron chi connectivity index (χ2n) is 4.41. The van der Waals surface area contributed by atoms with Crippen LogP contribution in [-0.4, -0.2) is 15.5 Å². The van der Waals surface area contributed by atoms with E-state index in [0.717, 1.165) is 11.6 Å². The highest BCUT2D eigenvalue weighted by Gasteiger charge is 2.18. The monoisotopic (exact) mass is 372 g/mol. The Morgan fingerprint density at radius 1 is 1.19 bits per heavy atom. The summed E-state index contributed by atoms with van der Waals surface area (Å²) >= 11 is 3.26. The molecule has 0 bridgehead atoms. The Morgan fingerprint density at radius 2 is 1.95 bits per heavy atom. The zero-order valence-electron chi connectivity index (χ0n) is 11.2. The molecule has 4 nitrogen and oxygen atoms in total. The molecule has 0 spiro atoms. The summed E-state index contributed by atoms with van der Waals surface area (Å²) in [6.45, 7) is 0.635. The molecule has 2 aromatic rings. The van der Waals surface area contributed by atoms with Crippen LogP contribution in [0.15, 0.2) is 51.8 Å². The lowest BCUT2D eigenvalue weighted by molar-refractivity contribution is 0.600. The second kappa shape index (κ2) is 6.55. The summed E-state index contributed by atoms with van der Waals surface area (Å²) in [6.07, 6.45) is 0. The quantitative estimate of drug-likeness (QED) is 0.847. The molecule has 0 unspecified atom stereocenters. The van der Waals surface area contributed by atoms with Gasteiger partial charge in [-0.05, 0) is 58.9 Å². The van der Waals surface area contributed by atoms with Crippen molar-refractivity contribution in [1.29, 1.82) is 0 Å². The number of hydrogen-bond donors (Lipinski definition) is 2. The van der Waals surface area contributed by atoms with Crippen molar-refractivity contribution in [2.75, 3.05) is 11.8 Å². The van der Waals surface area contributed by atoms with Crippen LogP contribution in [-0.2, 0) is 16.6 Å². The average Bonchev–Trinajstić information content (AvgIpc) is 2.38. The number of anilines is 1. The third-order valence-electron chi connectivity index (χ3n) is 2.74. The minimum Gasteiger partial charge on any atom is -0.316 e. The highest BCUT2D eigenvalue weighted by Crippen LogP contribution is 2.25. The molecule has 0 aromatic heterocycles. The molecule has 0 aliphatic heterocycles. The minimum atomic E-state index is -3.78. The van der Waals surface area contributed by atoms with Gasteiger partial charge in [-0.2, -0.15) is 0 Å². The third-order valence-corrected chi connectivity index (χ3v) is 5.10. The maximum Gasteiger partial charge on any atom is 0.263 e. The van der Waals surface area contributed by atoms with Crippen molar-refractivity contribution in [3.63, 3.8) is 0 Å². The first-order valence-electron chi connectivity index (χ1n) is 6.14. The van der Waals surface area contributed by atoms with Crippen molar-refractivity contribution in [2.24, 2.45) is 0 Å². The first kappa shape index (κ1) is 15.9. The SMILES string of the molecule is CNCc1ccc(S(=O)(=O)Nc2cccc(F)c2)c(Br)c1. The van der Waals surface area contributed by atoms with Gasteiger partial charge in [0.2, 0.25) is 0 Å². The standard InChI is InChI=1S/C14H14BrFN2O2S/c1-17-9-10-5-6-14(13(15)7-10)21(19,20)18-12-4-2-3-11(16)8-12/h2-8,17-18H,9H2,1H3. The molecule has 2 N–H and O–H groups in total. The fraction of sp³-hybridized carbons (Fsp3) is 0.143. The normalized spacial score (nSPS) is 11.4. The fourth-order valence-corrected chi connectivity index (χ4v) is 4.01. The van der Waals surface area contributed by atoms with E-state index >= 15 is 0 Å². The summed E-state index contributed by atoms with van der Waals surface area (Å²) in [6, 6.07) is 10.3. The van der Waals surface area contributed by atoms with Gasteiger partial charge in [0.25, 0.3) is 10.0 Å². The lowest BCUT2D eigenvalue weighted by Crippen LogP contribution is -2.14. The van der Waals surface area contributed by atoms with Crippen molar-refractivity contribution in [3.8, 4) is 0 Å². The number of hydrogen-bond acceptors (Lipinski definition) is 3. The van der Waals surface area contributed by atoms with Crippen LogP contribution in [0.4, 0.5) is 10.1 Å². The van der Waals surface area contributed by atoms with Crippen LogP contribution in [0.1, 0.15) is 5.56 Å². The highest BCUT2D eigenvalue weighted by atomic mass is 79.9. The van der Waals surface area contributed by atoms with Gasteiger partial charge in [-0.15, -0.1) is 0 Å². The second-order valence-corrected chi connectivity index (χ2v) is 6.92. The Hall–Kier alpha value is -1.44. The molecule has 0 saturated carbocycles. The number of sulfonamides is 1. The fourth-order valence-electron chi connectivity index (χ4n) is 1.84. The van der Waals surface area contributed by atoms with Crippen LogP contribution in [0.25, 0.3) is 0 Å². The molecule has 112 valence electrons. The minimum absolute atomic E-state index is 0.103. The van der Waals surface area contributed by atoms with Gasteiger partial charge in [-0.25, -0.2) is 12.8 Å². The molecule has 0 atom stereocenters. The maximum atomic E-state index is 13.1. The van der Waals surface area contributed by atoms with Crippen LogP contribution in [0.3, 0.4) is 0 Å². The third kappa shape index (κ3) is 4.03. The van der Waals surface area contributed by atoms with E-state index in [1.165, 1.54) is 24.3 Å². The van der Waals surface area contributed by atoms with E-state index < -0.39 is 15.8 Å².